The second-order valence-corrected chi connectivity index (χ2v) is 8.99. The molecule has 0 saturated heterocycles. The van der Waals surface area contributed by atoms with E-state index in [9.17, 15) is 45.6 Å². The number of rotatable bonds is 7. The first kappa shape index (κ1) is 30.9. The molecule has 0 aliphatic carbocycles. The minimum atomic E-state index is -5.26. The van der Waals surface area contributed by atoms with Crippen LogP contribution in [0.5, 0.6) is 0 Å². The van der Waals surface area contributed by atoms with Gasteiger partial charge >= 0.3 is 18.0 Å². The van der Waals surface area contributed by atoms with Crippen LogP contribution in [-0.2, 0) is 6.18 Å². The molecule has 0 spiro atoms. The highest BCUT2D eigenvalue weighted by Crippen LogP contribution is 2.42. The first-order valence-corrected chi connectivity index (χ1v) is 11.6. The van der Waals surface area contributed by atoms with Crippen LogP contribution in [0.2, 0.25) is 15.1 Å². The Labute approximate surface area is 234 Å². The van der Waals surface area contributed by atoms with Crippen LogP contribution in [0.25, 0.3) is 5.83 Å². The fourth-order valence-corrected chi connectivity index (χ4v) is 3.94. The van der Waals surface area contributed by atoms with Crippen molar-refractivity contribution in [2.75, 3.05) is 5.43 Å². The molecule has 1 unspecified atom stereocenters. The molecule has 3 aromatic rings. The van der Waals surface area contributed by atoms with Gasteiger partial charge in [-0.1, -0.05) is 40.9 Å². The maximum absolute atomic E-state index is 15.0. The van der Waals surface area contributed by atoms with Gasteiger partial charge in [0.1, 0.15) is 11.7 Å². The summed E-state index contributed by atoms with van der Waals surface area (Å²) in [6, 6.07) is 5.08. The van der Waals surface area contributed by atoms with Crippen molar-refractivity contribution in [1.82, 2.24) is 10.4 Å². The van der Waals surface area contributed by atoms with Crippen LogP contribution in [-0.4, -0.2) is 22.0 Å². The fraction of sp³-hybridized carbons (Fsp3) is 0.130. The number of nitrogens with zero attached hydrogens (tertiary/aromatic N) is 2. The van der Waals surface area contributed by atoms with Crippen molar-refractivity contribution in [3.8, 4) is 0 Å². The van der Waals surface area contributed by atoms with Gasteiger partial charge in [0, 0.05) is 17.8 Å². The molecule has 0 fully saturated rings. The van der Waals surface area contributed by atoms with E-state index in [1.54, 1.807) is 0 Å². The van der Waals surface area contributed by atoms with Gasteiger partial charge in [-0.15, -0.1) is 0 Å². The van der Waals surface area contributed by atoms with Crippen molar-refractivity contribution in [3.05, 3.63) is 102 Å². The Kier molecular flexibility index (Phi) is 9.17. The molecule has 1 heterocycles. The molecule has 2 N–H and O–H groups in total. The highest BCUT2D eigenvalue weighted by atomic mass is 35.5. The molecule has 7 nitrogen and oxygen atoms in total. The monoisotopic (exact) mass is 630 g/mol. The van der Waals surface area contributed by atoms with Crippen LogP contribution in [0.15, 0.2) is 54.7 Å². The van der Waals surface area contributed by atoms with Crippen molar-refractivity contribution in [2.24, 2.45) is 0 Å². The van der Waals surface area contributed by atoms with E-state index in [4.69, 9.17) is 34.8 Å². The zero-order chi connectivity index (χ0) is 30.0. The molecule has 0 aliphatic rings. The number of allylic oxidation sites excluding steroid dienone is 1. The topological polar surface area (TPSA) is 97.2 Å². The number of nitro groups is 1. The van der Waals surface area contributed by atoms with Crippen molar-refractivity contribution in [1.29, 1.82) is 0 Å². The van der Waals surface area contributed by atoms with Gasteiger partial charge in [-0.05, 0) is 42.0 Å². The van der Waals surface area contributed by atoms with Crippen LogP contribution >= 0.6 is 34.8 Å². The Morgan fingerprint density at radius 2 is 1.65 bits per heavy atom. The number of aromatic nitrogens is 1. The molecule has 212 valence electrons. The number of hydrazine groups is 1. The summed E-state index contributed by atoms with van der Waals surface area (Å²) in [4.78, 5) is 26.2. The molecule has 1 atom stereocenters. The Morgan fingerprint density at radius 1 is 1.02 bits per heavy atom. The summed E-state index contributed by atoms with van der Waals surface area (Å²) < 4.78 is 97.6. The van der Waals surface area contributed by atoms with Gasteiger partial charge < -0.3 is 0 Å². The molecular weight excluding hydrogens is 620 g/mol. The number of pyridine rings is 1. The van der Waals surface area contributed by atoms with Crippen LogP contribution in [0, 0.1) is 10.1 Å². The normalized spacial score (nSPS) is 13.1. The number of anilines is 1. The molecular formula is C23H12Cl3F7N4O3. The summed E-state index contributed by atoms with van der Waals surface area (Å²) >= 11 is 17.3. The average Bonchev–Trinajstić information content (AvgIpc) is 2.87. The van der Waals surface area contributed by atoms with Crippen molar-refractivity contribution >= 4 is 58.0 Å². The minimum Gasteiger partial charge on any atom is -0.276 e. The molecule has 3 rings (SSSR count). The lowest BCUT2D eigenvalue weighted by Gasteiger charge is -2.19. The summed E-state index contributed by atoms with van der Waals surface area (Å²) in [5.41, 5.74) is -1.12. The number of alkyl halides is 6. The summed E-state index contributed by atoms with van der Waals surface area (Å²) in [7, 11) is 0. The lowest BCUT2D eigenvalue weighted by Crippen LogP contribution is -2.32. The average molecular weight is 632 g/mol. The van der Waals surface area contributed by atoms with Gasteiger partial charge in [-0.2, -0.15) is 26.3 Å². The van der Waals surface area contributed by atoms with E-state index in [-0.39, 0.29) is 27.2 Å². The zero-order valence-corrected chi connectivity index (χ0v) is 21.4. The van der Waals surface area contributed by atoms with Crippen molar-refractivity contribution < 1.29 is 40.5 Å². The maximum Gasteiger partial charge on any atom is 0.417 e. The number of carbonyl (C=O) groups excluding carboxylic acids is 1. The van der Waals surface area contributed by atoms with E-state index in [2.05, 4.69) is 4.98 Å². The molecule has 40 heavy (non-hydrogen) atoms. The number of hydrogen-bond donors (Lipinski definition) is 2. The molecule has 17 heteroatoms. The predicted molar refractivity (Wildman–Crippen MR) is 133 cm³/mol. The highest BCUT2D eigenvalue weighted by molar-refractivity contribution is 6.48. The van der Waals surface area contributed by atoms with Crippen LogP contribution in [0.4, 0.5) is 42.2 Å². The van der Waals surface area contributed by atoms with Gasteiger partial charge in [-0.3, -0.25) is 25.8 Å². The Morgan fingerprint density at radius 3 is 2.20 bits per heavy atom. The van der Waals surface area contributed by atoms with E-state index in [0.717, 1.165) is 24.4 Å². The smallest absolute Gasteiger partial charge is 0.276 e. The standard InChI is InChI=1S/C23H12Cl3F7N4O3/c24-15-7-11(8-16(25)19(15)26)13(22(28,29)30)9-17(27)10-3-4-12(14(6-10)23(31,32)33)21(38)36-35-20-18(37(39)40)2-1-5-34-20/h1-9,13H,(H,34,35)(H,36,38). The van der Waals surface area contributed by atoms with E-state index in [0.29, 0.717) is 12.1 Å². The summed E-state index contributed by atoms with van der Waals surface area (Å²) in [5.74, 6) is -6.35. The van der Waals surface area contributed by atoms with Gasteiger partial charge in [-0.25, -0.2) is 9.37 Å². The number of hydrogen-bond acceptors (Lipinski definition) is 5. The third-order valence-corrected chi connectivity index (χ3v) is 6.35. The molecule has 1 aromatic heterocycles. The Bertz CT molecular complexity index is 1470. The lowest BCUT2D eigenvalue weighted by molar-refractivity contribution is -0.384. The van der Waals surface area contributed by atoms with Crippen LogP contribution < -0.4 is 10.9 Å². The Balaban J connectivity index is 1.99. The van der Waals surface area contributed by atoms with Gasteiger partial charge in [0.05, 0.1) is 31.1 Å². The quantitative estimate of drug-likeness (QED) is 0.118. The SMILES string of the molecule is O=C(NNc1ncccc1[N+](=O)[O-])c1ccc(C(F)=CC(c2cc(Cl)c(Cl)c(Cl)c2)C(F)(F)F)cc1C(F)(F)F. The minimum absolute atomic E-state index is 0.0207. The van der Waals surface area contributed by atoms with E-state index < -0.39 is 68.7 Å². The molecule has 0 bridgehead atoms. The summed E-state index contributed by atoms with van der Waals surface area (Å²) in [6.45, 7) is 0. The first-order valence-electron chi connectivity index (χ1n) is 10.5. The summed E-state index contributed by atoms with van der Waals surface area (Å²) in [5, 5.41) is 10.0. The lowest BCUT2D eigenvalue weighted by atomic mass is 9.95. The largest absolute Gasteiger partial charge is 0.417 e. The van der Waals surface area contributed by atoms with Crippen molar-refractivity contribution in [3.63, 3.8) is 0 Å². The highest BCUT2D eigenvalue weighted by Gasteiger charge is 2.41. The first-order chi connectivity index (χ1) is 18.5. The zero-order valence-electron chi connectivity index (χ0n) is 19.2. The van der Waals surface area contributed by atoms with Crippen LogP contribution in [0.3, 0.4) is 0 Å². The molecule has 2 aromatic carbocycles. The number of carbonyl (C=O) groups is 1. The maximum atomic E-state index is 15.0. The van der Waals surface area contributed by atoms with Gasteiger partial charge in [0.15, 0.2) is 0 Å². The molecule has 0 saturated carbocycles. The second kappa shape index (κ2) is 11.9. The molecule has 0 aliphatic heterocycles. The molecule has 0 radical (unpaired) electrons. The number of benzene rings is 2. The second-order valence-electron chi connectivity index (χ2n) is 7.80. The third-order valence-electron chi connectivity index (χ3n) is 5.15. The van der Waals surface area contributed by atoms with Crippen LogP contribution in [0.1, 0.15) is 33.0 Å². The van der Waals surface area contributed by atoms with Crippen molar-refractivity contribution in [2.45, 2.75) is 18.3 Å². The van der Waals surface area contributed by atoms with E-state index >= 15 is 0 Å². The number of halogens is 10. The van der Waals surface area contributed by atoms with E-state index in [1.165, 1.54) is 6.07 Å². The Hall–Kier alpha value is -3.62. The fourth-order valence-electron chi connectivity index (χ4n) is 3.33. The summed E-state index contributed by atoms with van der Waals surface area (Å²) in [6.07, 6.45) is -9.26. The van der Waals surface area contributed by atoms with Gasteiger partial charge in [0.25, 0.3) is 5.91 Å². The predicted octanol–water partition coefficient (Wildman–Crippen LogP) is 8.38. The third kappa shape index (κ3) is 7.11. The number of amides is 1. The van der Waals surface area contributed by atoms with Gasteiger partial charge in [0.2, 0.25) is 5.82 Å². The van der Waals surface area contributed by atoms with E-state index in [1.807, 2.05) is 10.9 Å². The molecule has 1 amide bonds. The number of nitrogens with one attached hydrogen (secondary N) is 2.